The third kappa shape index (κ3) is 2.16. The molecule has 1 fully saturated rings. The molecule has 0 bridgehead atoms. The zero-order valence-electron chi connectivity index (χ0n) is 8.55. The summed E-state index contributed by atoms with van der Waals surface area (Å²) in [6.07, 6.45) is 3.64. The lowest BCUT2D eigenvalue weighted by Gasteiger charge is -2.33. The molecular formula is C12H15ClFN. The van der Waals surface area contributed by atoms with E-state index in [1.807, 2.05) is 0 Å². The van der Waals surface area contributed by atoms with Crippen molar-refractivity contribution in [3.63, 3.8) is 0 Å². The van der Waals surface area contributed by atoms with Crippen LogP contribution >= 0.6 is 11.6 Å². The first-order chi connectivity index (χ1) is 7.22. The minimum Gasteiger partial charge on any atom is -0.330 e. The first-order valence-corrected chi connectivity index (χ1v) is 5.75. The maximum Gasteiger partial charge on any atom is 0.123 e. The average Bonchev–Trinajstić information content (AvgIpc) is 2.15. The summed E-state index contributed by atoms with van der Waals surface area (Å²) in [7, 11) is 0. The molecule has 1 saturated carbocycles. The first-order valence-electron chi connectivity index (χ1n) is 5.37. The van der Waals surface area contributed by atoms with Crippen LogP contribution in [-0.4, -0.2) is 6.54 Å². The Labute approximate surface area is 94.4 Å². The van der Waals surface area contributed by atoms with Crippen LogP contribution in [0.3, 0.4) is 0 Å². The fourth-order valence-electron chi connectivity index (χ4n) is 2.21. The molecule has 0 aliphatic heterocycles. The quantitative estimate of drug-likeness (QED) is 0.842. The molecule has 1 aromatic rings. The van der Waals surface area contributed by atoms with Crippen LogP contribution in [0.1, 0.15) is 30.7 Å². The molecule has 0 spiro atoms. The monoisotopic (exact) mass is 227 g/mol. The number of halogens is 2. The van der Waals surface area contributed by atoms with Crippen LogP contribution < -0.4 is 5.73 Å². The number of hydrogen-bond donors (Lipinski definition) is 1. The predicted octanol–water partition coefficient (Wildman–Crippen LogP) is 3.32. The molecule has 1 aromatic carbocycles. The van der Waals surface area contributed by atoms with Gasteiger partial charge in [-0.25, -0.2) is 4.39 Å². The Kier molecular flexibility index (Phi) is 3.27. The van der Waals surface area contributed by atoms with E-state index in [-0.39, 0.29) is 11.7 Å². The van der Waals surface area contributed by atoms with E-state index >= 15 is 0 Å². The highest BCUT2D eigenvalue weighted by molar-refractivity contribution is 6.31. The van der Waals surface area contributed by atoms with Gasteiger partial charge in [0.05, 0.1) is 0 Å². The minimum absolute atomic E-state index is 0.224. The van der Waals surface area contributed by atoms with Crippen LogP contribution in [0.15, 0.2) is 18.2 Å². The fourth-order valence-corrected chi connectivity index (χ4v) is 2.47. The molecule has 1 unspecified atom stereocenters. The van der Waals surface area contributed by atoms with E-state index in [4.69, 9.17) is 17.3 Å². The molecule has 1 aliphatic carbocycles. The molecule has 0 amide bonds. The molecular weight excluding hydrogens is 213 g/mol. The molecule has 0 heterocycles. The van der Waals surface area contributed by atoms with Crippen LogP contribution in [0.25, 0.3) is 0 Å². The molecule has 0 radical (unpaired) electrons. The van der Waals surface area contributed by atoms with Crippen LogP contribution in [0, 0.1) is 11.7 Å². The van der Waals surface area contributed by atoms with E-state index in [1.165, 1.54) is 31.4 Å². The summed E-state index contributed by atoms with van der Waals surface area (Å²) in [5.41, 5.74) is 6.63. The standard InChI is InChI=1S/C12H15ClFN/c13-12-5-4-9(14)6-10(12)11(7-15)8-2-1-3-8/h4-6,8,11H,1-3,7,15H2. The van der Waals surface area contributed by atoms with Crippen LogP contribution in [-0.2, 0) is 0 Å². The lowest BCUT2D eigenvalue weighted by molar-refractivity contribution is 0.264. The largest absolute Gasteiger partial charge is 0.330 e. The van der Waals surface area contributed by atoms with E-state index in [2.05, 4.69) is 0 Å². The smallest absolute Gasteiger partial charge is 0.123 e. The van der Waals surface area contributed by atoms with Crippen molar-refractivity contribution < 1.29 is 4.39 Å². The van der Waals surface area contributed by atoms with Gasteiger partial charge in [0.25, 0.3) is 0 Å². The summed E-state index contributed by atoms with van der Waals surface area (Å²) >= 11 is 6.07. The Hall–Kier alpha value is -0.600. The van der Waals surface area contributed by atoms with E-state index < -0.39 is 0 Å². The van der Waals surface area contributed by atoms with Crippen molar-refractivity contribution >= 4 is 11.6 Å². The SMILES string of the molecule is NCC(c1cc(F)ccc1Cl)C1CCC1. The van der Waals surface area contributed by atoms with Gasteiger partial charge in [-0.05, 0) is 49.1 Å². The fraction of sp³-hybridized carbons (Fsp3) is 0.500. The van der Waals surface area contributed by atoms with Gasteiger partial charge in [-0.15, -0.1) is 0 Å². The van der Waals surface area contributed by atoms with Gasteiger partial charge in [0.2, 0.25) is 0 Å². The number of nitrogens with two attached hydrogens (primary N) is 1. The van der Waals surface area contributed by atoms with Gasteiger partial charge in [0.15, 0.2) is 0 Å². The second-order valence-electron chi connectivity index (χ2n) is 4.20. The van der Waals surface area contributed by atoms with Crippen molar-refractivity contribution in [2.75, 3.05) is 6.54 Å². The third-order valence-electron chi connectivity index (χ3n) is 3.33. The highest BCUT2D eigenvalue weighted by Gasteiger charge is 2.28. The van der Waals surface area contributed by atoms with Gasteiger partial charge in [0.1, 0.15) is 5.82 Å². The Bertz CT molecular complexity index is 349. The van der Waals surface area contributed by atoms with Crippen molar-refractivity contribution in [3.8, 4) is 0 Å². The highest BCUT2D eigenvalue weighted by Crippen LogP contribution is 2.40. The van der Waals surface area contributed by atoms with Crippen LogP contribution in [0.2, 0.25) is 5.02 Å². The summed E-state index contributed by atoms with van der Waals surface area (Å²) < 4.78 is 13.1. The lowest BCUT2D eigenvalue weighted by atomic mass is 9.73. The zero-order valence-corrected chi connectivity index (χ0v) is 9.30. The van der Waals surface area contributed by atoms with Gasteiger partial charge in [-0.2, -0.15) is 0 Å². The molecule has 2 N–H and O–H groups in total. The maximum absolute atomic E-state index is 13.1. The molecule has 2 rings (SSSR count). The first kappa shape index (κ1) is 10.9. The van der Waals surface area contributed by atoms with E-state index in [0.29, 0.717) is 17.5 Å². The van der Waals surface area contributed by atoms with Crippen molar-refractivity contribution in [2.24, 2.45) is 11.7 Å². The second-order valence-corrected chi connectivity index (χ2v) is 4.61. The third-order valence-corrected chi connectivity index (χ3v) is 3.67. The van der Waals surface area contributed by atoms with Crippen molar-refractivity contribution in [2.45, 2.75) is 25.2 Å². The van der Waals surface area contributed by atoms with E-state index in [1.54, 1.807) is 6.07 Å². The van der Waals surface area contributed by atoms with Gasteiger partial charge in [-0.1, -0.05) is 18.0 Å². The second kappa shape index (κ2) is 4.50. The molecule has 1 aliphatic rings. The van der Waals surface area contributed by atoms with E-state index in [9.17, 15) is 4.39 Å². The Morgan fingerprint density at radius 3 is 2.73 bits per heavy atom. The van der Waals surface area contributed by atoms with Crippen molar-refractivity contribution in [1.82, 2.24) is 0 Å². The topological polar surface area (TPSA) is 26.0 Å². The molecule has 0 saturated heterocycles. The Balaban J connectivity index is 2.28. The molecule has 1 nitrogen and oxygen atoms in total. The average molecular weight is 228 g/mol. The number of hydrogen-bond acceptors (Lipinski definition) is 1. The van der Waals surface area contributed by atoms with Crippen LogP contribution in [0.5, 0.6) is 0 Å². The summed E-state index contributed by atoms with van der Waals surface area (Å²) in [6, 6.07) is 4.53. The zero-order chi connectivity index (χ0) is 10.8. The lowest BCUT2D eigenvalue weighted by Crippen LogP contribution is -2.26. The number of benzene rings is 1. The molecule has 0 aromatic heterocycles. The summed E-state index contributed by atoms with van der Waals surface area (Å²) in [5.74, 6) is 0.587. The molecule has 3 heteroatoms. The molecule has 82 valence electrons. The van der Waals surface area contributed by atoms with Crippen molar-refractivity contribution in [1.29, 1.82) is 0 Å². The van der Waals surface area contributed by atoms with Gasteiger partial charge in [0, 0.05) is 10.9 Å². The van der Waals surface area contributed by atoms with Gasteiger partial charge < -0.3 is 5.73 Å². The minimum atomic E-state index is -0.229. The Morgan fingerprint density at radius 1 is 1.47 bits per heavy atom. The number of rotatable bonds is 3. The summed E-state index contributed by atoms with van der Waals surface area (Å²) in [4.78, 5) is 0. The maximum atomic E-state index is 13.1. The van der Waals surface area contributed by atoms with Gasteiger partial charge >= 0.3 is 0 Å². The molecule has 15 heavy (non-hydrogen) atoms. The van der Waals surface area contributed by atoms with Crippen molar-refractivity contribution in [3.05, 3.63) is 34.6 Å². The normalized spacial score (nSPS) is 18.6. The summed E-state index contributed by atoms with van der Waals surface area (Å²) in [6.45, 7) is 0.549. The highest BCUT2D eigenvalue weighted by atomic mass is 35.5. The summed E-state index contributed by atoms with van der Waals surface area (Å²) in [5, 5.41) is 0.638. The van der Waals surface area contributed by atoms with E-state index in [0.717, 1.165) is 5.56 Å². The Morgan fingerprint density at radius 2 is 2.20 bits per heavy atom. The van der Waals surface area contributed by atoms with Crippen LogP contribution in [0.4, 0.5) is 4.39 Å². The van der Waals surface area contributed by atoms with Gasteiger partial charge in [-0.3, -0.25) is 0 Å². The molecule has 1 atom stereocenters. The predicted molar refractivity (Wildman–Crippen MR) is 60.5 cm³/mol.